The van der Waals surface area contributed by atoms with E-state index in [1.54, 1.807) is 0 Å². The standard InChI is InChI=1S/C48H31N3/c1-3-13-34(14-4-1)49-43-20-10-7-17-37(43)40-29-32(23-26-46(40)49)33-24-27-47-41(30-33)38-18-8-12-22-45(38)51(47)36-25-28-48-42(31-36)39-19-9-11-21-44(39)50(48)35-15-5-2-6-16-35/h1-31H. The molecule has 0 unspecified atom stereocenters. The highest BCUT2D eigenvalue weighted by atomic mass is 15.0. The van der Waals surface area contributed by atoms with Gasteiger partial charge >= 0.3 is 0 Å². The Balaban J connectivity index is 1.10. The van der Waals surface area contributed by atoms with Crippen LogP contribution in [0.3, 0.4) is 0 Å². The summed E-state index contributed by atoms with van der Waals surface area (Å²) >= 11 is 0. The lowest BCUT2D eigenvalue weighted by atomic mass is 10.0. The van der Waals surface area contributed by atoms with Crippen LogP contribution in [0.5, 0.6) is 0 Å². The van der Waals surface area contributed by atoms with Crippen LogP contribution in [0, 0.1) is 0 Å². The van der Waals surface area contributed by atoms with E-state index < -0.39 is 0 Å². The number of benzene rings is 8. The number of hydrogen-bond acceptors (Lipinski definition) is 0. The normalized spacial score (nSPS) is 11.9. The summed E-state index contributed by atoms with van der Waals surface area (Å²) in [5.74, 6) is 0. The highest BCUT2D eigenvalue weighted by Gasteiger charge is 2.18. The lowest BCUT2D eigenvalue weighted by Gasteiger charge is -2.11. The molecule has 0 radical (unpaired) electrons. The van der Waals surface area contributed by atoms with Crippen molar-refractivity contribution in [2.75, 3.05) is 0 Å². The Bertz CT molecular complexity index is 3120. The number of aromatic nitrogens is 3. The van der Waals surface area contributed by atoms with E-state index in [0.29, 0.717) is 0 Å². The molecular formula is C48H31N3. The minimum absolute atomic E-state index is 1.16. The Kier molecular flexibility index (Phi) is 5.96. The average Bonchev–Trinajstić information content (AvgIpc) is 3.83. The Morgan fingerprint density at radius 2 is 0.549 bits per heavy atom. The van der Waals surface area contributed by atoms with Gasteiger partial charge in [-0.3, -0.25) is 0 Å². The lowest BCUT2D eigenvalue weighted by molar-refractivity contribution is 1.17. The van der Waals surface area contributed by atoms with Crippen LogP contribution in [0.2, 0.25) is 0 Å². The van der Waals surface area contributed by atoms with Gasteiger partial charge < -0.3 is 13.7 Å². The summed E-state index contributed by atoms with van der Waals surface area (Å²) in [6, 6.07) is 68.4. The second-order valence-electron chi connectivity index (χ2n) is 13.4. The third kappa shape index (κ3) is 4.12. The SMILES string of the molecule is c1ccc(-n2c3ccccc3c3cc(-c4ccc5c(c4)c4ccccc4n5-c4ccc5c(c4)c4ccccc4n5-c4ccccc4)ccc32)cc1. The zero-order chi connectivity index (χ0) is 33.5. The zero-order valence-corrected chi connectivity index (χ0v) is 27.7. The molecule has 0 fully saturated rings. The maximum atomic E-state index is 2.43. The van der Waals surface area contributed by atoms with E-state index >= 15 is 0 Å². The molecule has 0 aliphatic carbocycles. The Morgan fingerprint density at radius 1 is 0.216 bits per heavy atom. The maximum Gasteiger partial charge on any atom is 0.0542 e. The van der Waals surface area contributed by atoms with Gasteiger partial charge in [0.2, 0.25) is 0 Å². The minimum atomic E-state index is 1.16. The van der Waals surface area contributed by atoms with Crippen LogP contribution in [0.1, 0.15) is 0 Å². The molecule has 11 aromatic rings. The number of para-hydroxylation sites is 5. The fourth-order valence-corrected chi connectivity index (χ4v) is 8.39. The van der Waals surface area contributed by atoms with Crippen molar-refractivity contribution in [1.82, 2.24) is 13.7 Å². The van der Waals surface area contributed by atoms with Crippen LogP contribution < -0.4 is 0 Å². The third-order valence-corrected chi connectivity index (χ3v) is 10.6. The van der Waals surface area contributed by atoms with Crippen molar-refractivity contribution in [3.63, 3.8) is 0 Å². The van der Waals surface area contributed by atoms with Gasteiger partial charge in [0.1, 0.15) is 0 Å². The molecule has 11 rings (SSSR count). The van der Waals surface area contributed by atoms with Gasteiger partial charge in [-0.25, -0.2) is 0 Å². The van der Waals surface area contributed by atoms with E-state index in [0.717, 1.165) is 5.69 Å². The largest absolute Gasteiger partial charge is 0.309 e. The van der Waals surface area contributed by atoms with Crippen LogP contribution in [-0.2, 0) is 0 Å². The molecule has 0 saturated heterocycles. The van der Waals surface area contributed by atoms with Crippen LogP contribution in [-0.4, -0.2) is 13.7 Å². The van der Waals surface area contributed by atoms with Crippen molar-refractivity contribution in [2.45, 2.75) is 0 Å². The Labute approximate surface area is 294 Å². The number of fused-ring (bicyclic) bond motifs is 9. The van der Waals surface area contributed by atoms with Crippen molar-refractivity contribution in [1.29, 1.82) is 0 Å². The molecule has 3 heteroatoms. The molecule has 0 spiro atoms. The molecule has 0 amide bonds. The Hall–Kier alpha value is -6.84. The minimum Gasteiger partial charge on any atom is -0.309 e. The maximum absolute atomic E-state index is 2.43. The van der Waals surface area contributed by atoms with Crippen molar-refractivity contribution < 1.29 is 0 Å². The van der Waals surface area contributed by atoms with Gasteiger partial charge in [-0.15, -0.1) is 0 Å². The molecule has 8 aromatic carbocycles. The molecule has 0 saturated carbocycles. The zero-order valence-electron chi connectivity index (χ0n) is 27.7. The molecule has 51 heavy (non-hydrogen) atoms. The van der Waals surface area contributed by atoms with Crippen LogP contribution in [0.4, 0.5) is 0 Å². The summed E-state index contributed by atoms with van der Waals surface area (Å²) in [6.07, 6.45) is 0. The van der Waals surface area contributed by atoms with E-state index in [4.69, 9.17) is 0 Å². The van der Waals surface area contributed by atoms with E-state index in [1.807, 2.05) is 0 Å². The molecule has 0 N–H and O–H groups in total. The smallest absolute Gasteiger partial charge is 0.0542 e. The molecular weight excluding hydrogens is 619 g/mol. The van der Waals surface area contributed by atoms with Crippen molar-refractivity contribution in [2.24, 2.45) is 0 Å². The number of hydrogen-bond donors (Lipinski definition) is 0. The molecule has 3 aromatic heterocycles. The highest BCUT2D eigenvalue weighted by molar-refractivity contribution is 6.14. The fraction of sp³-hybridized carbons (Fsp3) is 0. The van der Waals surface area contributed by atoms with Gasteiger partial charge in [0.25, 0.3) is 0 Å². The van der Waals surface area contributed by atoms with Crippen molar-refractivity contribution in [3.05, 3.63) is 188 Å². The van der Waals surface area contributed by atoms with Crippen LogP contribution in [0.15, 0.2) is 188 Å². The first-order valence-electron chi connectivity index (χ1n) is 17.5. The number of rotatable bonds is 4. The summed E-state index contributed by atoms with van der Waals surface area (Å²) in [7, 11) is 0. The molecule has 0 bridgehead atoms. The molecule has 3 nitrogen and oxygen atoms in total. The predicted molar refractivity (Wildman–Crippen MR) is 215 cm³/mol. The highest BCUT2D eigenvalue weighted by Crippen LogP contribution is 2.40. The molecule has 0 aliphatic heterocycles. The van der Waals surface area contributed by atoms with Gasteiger partial charge in [-0.05, 0) is 96.1 Å². The van der Waals surface area contributed by atoms with Gasteiger partial charge in [0.15, 0.2) is 0 Å². The average molecular weight is 650 g/mol. The quantitative estimate of drug-likeness (QED) is 0.180. The van der Waals surface area contributed by atoms with E-state index in [-0.39, 0.29) is 0 Å². The molecule has 3 heterocycles. The summed E-state index contributed by atoms with van der Waals surface area (Å²) in [4.78, 5) is 0. The van der Waals surface area contributed by atoms with E-state index in [2.05, 4.69) is 202 Å². The van der Waals surface area contributed by atoms with Crippen molar-refractivity contribution in [3.8, 4) is 28.2 Å². The third-order valence-electron chi connectivity index (χ3n) is 10.6. The first-order chi connectivity index (χ1) is 25.3. The van der Waals surface area contributed by atoms with E-state index in [1.165, 1.54) is 87.9 Å². The number of nitrogens with zero attached hydrogens (tertiary/aromatic N) is 3. The van der Waals surface area contributed by atoms with E-state index in [9.17, 15) is 0 Å². The second-order valence-corrected chi connectivity index (χ2v) is 13.4. The first kappa shape index (κ1) is 28.0. The molecule has 0 atom stereocenters. The summed E-state index contributed by atoms with van der Waals surface area (Å²) in [6.45, 7) is 0. The molecule has 238 valence electrons. The fourth-order valence-electron chi connectivity index (χ4n) is 8.39. The Morgan fingerprint density at radius 3 is 1.00 bits per heavy atom. The summed E-state index contributed by atoms with van der Waals surface area (Å²) < 4.78 is 7.18. The monoisotopic (exact) mass is 649 g/mol. The van der Waals surface area contributed by atoms with Gasteiger partial charge in [-0.1, -0.05) is 103 Å². The van der Waals surface area contributed by atoms with Crippen LogP contribution >= 0.6 is 0 Å². The van der Waals surface area contributed by atoms with Crippen LogP contribution in [0.25, 0.3) is 93.6 Å². The van der Waals surface area contributed by atoms with Gasteiger partial charge in [-0.2, -0.15) is 0 Å². The van der Waals surface area contributed by atoms with Crippen molar-refractivity contribution >= 4 is 65.4 Å². The second kappa shape index (κ2) is 10.8. The van der Waals surface area contributed by atoms with Gasteiger partial charge in [0.05, 0.1) is 33.1 Å². The first-order valence-corrected chi connectivity index (χ1v) is 17.5. The predicted octanol–water partition coefficient (Wildman–Crippen LogP) is 12.6. The summed E-state index contributed by atoms with van der Waals surface area (Å²) in [5, 5.41) is 7.53. The lowest BCUT2D eigenvalue weighted by Crippen LogP contribution is -1.95. The molecule has 0 aliphatic rings. The van der Waals surface area contributed by atoms with Gasteiger partial charge in [0, 0.05) is 49.4 Å². The topological polar surface area (TPSA) is 14.8 Å². The summed E-state index contributed by atoms with van der Waals surface area (Å²) in [5.41, 5.74) is 13.2.